The van der Waals surface area contributed by atoms with Gasteiger partial charge in [-0.25, -0.2) is 0 Å². The van der Waals surface area contributed by atoms with Crippen molar-refractivity contribution >= 4 is 17.8 Å². The van der Waals surface area contributed by atoms with Crippen molar-refractivity contribution in [2.75, 3.05) is 6.61 Å². The highest BCUT2D eigenvalue weighted by atomic mass is 19.4. The first-order valence-electron chi connectivity index (χ1n) is 10.2. The van der Waals surface area contributed by atoms with Crippen LogP contribution in [0.3, 0.4) is 0 Å². The summed E-state index contributed by atoms with van der Waals surface area (Å²) in [5.41, 5.74) is 0.0305. The molecule has 3 atom stereocenters. The third-order valence-corrected chi connectivity index (χ3v) is 4.96. The highest BCUT2D eigenvalue weighted by Gasteiger charge is 2.41. The van der Waals surface area contributed by atoms with Crippen LogP contribution >= 0.6 is 0 Å². The summed E-state index contributed by atoms with van der Waals surface area (Å²) < 4.78 is 81.5. The number of carbonyl (C=O) groups excluding carboxylic acids is 1. The summed E-state index contributed by atoms with van der Waals surface area (Å²) in [6.07, 6.45) is -7.05. The minimum atomic E-state index is -4.61. The van der Waals surface area contributed by atoms with Gasteiger partial charge in [0.15, 0.2) is 6.61 Å². The topological polar surface area (TPSA) is 85.0 Å². The first-order valence-corrected chi connectivity index (χ1v) is 10.2. The molecule has 1 fully saturated rings. The molecule has 0 aromatic heterocycles. The summed E-state index contributed by atoms with van der Waals surface area (Å²) in [5.74, 6) is -0.782. The van der Waals surface area contributed by atoms with Crippen molar-refractivity contribution < 1.29 is 35.9 Å². The Bertz CT molecular complexity index is 984. The summed E-state index contributed by atoms with van der Waals surface area (Å²) >= 11 is 0. The van der Waals surface area contributed by atoms with E-state index in [-0.39, 0.29) is 30.6 Å². The summed E-state index contributed by atoms with van der Waals surface area (Å²) in [6, 6.07) is 3.69. The molecule has 0 aliphatic carbocycles. The molecule has 0 bridgehead atoms. The second-order valence-electron chi connectivity index (χ2n) is 7.73. The Hall–Kier alpha value is -2.89. The lowest BCUT2D eigenvalue weighted by molar-refractivity contribution is -0.156. The van der Waals surface area contributed by atoms with Crippen LogP contribution in [-0.4, -0.2) is 42.6 Å². The van der Waals surface area contributed by atoms with Crippen LogP contribution in [0.1, 0.15) is 31.4 Å². The van der Waals surface area contributed by atoms with E-state index < -0.39 is 42.5 Å². The van der Waals surface area contributed by atoms with Crippen LogP contribution < -0.4 is 10.6 Å². The fourth-order valence-electron chi connectivity index (χ4n) is 3.24. The Labute approximate surface area is 185 Å². The molecule has 2 heterocycles. The van der Waals surface area contributed by atoms with Gasteiger partial charge in [0.05, 0.1) is 17.3 Å². The van der Waals surface area contributed by atoms with Gasteiger partial charge in [0.1, 0.15) is 5.84 Å². The van der Waals surface area contributed by atoms with E-state index in [1.165, 1.54) is 6.07 Å². The van der Waals surface area contributed by atoms with Crippen molar-refractivity contribution in [3.05, 3.63) is 47.2 Å². The number of aliphatic imine (C=N–C) groups is 2. The second kappa shape index (κ2) is 9.54. The molecule has 3 rings (SSSR count). The molecule has 3 unspecified atom stereocenters. The monoisotopic (exact) mass is 476 g/mol. The summed E-state index contributed by atoms with van der Waals surface area (Å²) in [6.45, 7) is 1.68. The quantitative estimate of drug-likeness (QED) is 0.498. The maximum absolute atomic E-state index is 12.9. The number of benzene rings is 1. The molecule has 1 aromatic rings. The fraction of sp³-hybridized carbons (Fsp3) is 0.476. The Balaban J connectivity index is 1.77. The van der Waals surface area contributed by atoms with Crippen LogP contribution in [0.5, 0.6) is 0 Å². The van der Waals surface area contributed by atoms with Crippen molar-refractivity contribution in [3.8, 4) is 0 Å². The number of nitrogens with zero attached hydrogens (tertiary/aromatic N) is 2. The summed E-state index contributed by atoms with van der Waals surface area (Å²) in [5, 5.41) is 5.61. The standard InChI is InChI=1S/C21H22F6N4O2/c1-3-16(32)30-18-11(2)7-14(29-19(31-18)33-10-20(22,23)24)17-15(28-17)9-12-5-4-6-13(8-12)21(25,26)27/h4-8,11,15,17,28H,3,9-10H2,1-2H3,(H,29,30,31,32). The molecule has 180 valence electrons. The van der Waals surface area contributed by atoms with E-state index in [4.69, 9.17) is 4.74 Å². The number of amidine groups is 2. The molecule has 1 amide bonds. The molecular formula is C21H22F6N4O2. The molecule has 2 aliphatic heterocycles. The number of carbonyl (C=O) groups is 1. The molecular weight excluding hydrogens is 454 g/mol. The van der Waals surface area contributed by atoms with Gasteiger partial charge < -0.3 is 15.4 Å². The van der Waals surface area contributed by atoms with Gasteiger partial charge in [0.2, 0.25) is 5.91 Å². The van der Waals surface area contributed by atoms with E-state index in [2.05, 4.69) is 20.6 Å². The largest absolute Gasteiger partial charge is 0.454 e. The predicted molar refractivity (Wildman–Crippen MR) is 108 cm³/mol. The SMILES string of the molecule is CCC(=O)NC1=NC(OCC(F)(F)F)=NC(C2NC2Cc2cccc(C(F)(F)F)c2)=CC1C. The zero-order valence-corrected chi connectivity index (χ0v) is 17.7. The smallest absolute Gasteiger partial charge is 0.422 e. The Morgan fingerprint density at radius 1 is 1.18 bits per heavy atom. The lowest BCUT2D eigenvalue weighted by Gasteiger charge is -2.12. The van der Waals surface area contributed by atoms with E-state index in [9.17, 15) is 31.1 Å². The molecule has 2 aliphatic rings. The maximum Gasteiger partial charge on any atom is 0.422 e. The molecule has 1 saturated heterocycles. The van der Waals surface area contributed by atoms with Crippen molar-refractivity contribution in [3.63, 3.8) is 0 Å². The highest BCUT2D eigenvalue weighted by molar-refractivity contribution is 6.05. The van der Waals surface area contributed by atoms with Crippen LogP contribution in [0, 0.1) is 5.92 Å². The van der Waals surface area contributed by atoms with Crippen LogP contribution in [0.25, 0.3) is 0 Å². The molecule has 1 aromatic carbocycles. The van der Waals surface area contributed by atoms with Gasteiger partial charge in [-0.3, -0.25) is 4.79 Å². The summed E-state index contributed by atoms with van der Waals surface area (Å²) in [4.78, 5) is 19.8. The van der Waals surface area contributed by atoms with Crippen LogP contribution in [-0.2, 0) is 22.1 Å². The predicted octanol–water partition coefficient (Wildman–Crippen LogP) is 3.98. The lowest BCUT2D eigenvalue weighted by Crippen LogP contribution is -2.34. The van der Waals surface area contributed by atoms with Crippen LogP contribution in [0.2, 0.25) is 0 Å². The minimum Gasteiger partial charge on any atom is -0.454 e. The van der Waals surface area contributed by atoms with E-state index >= 15 is 0 Å². The first kappa shape index (κ1) is 24.7. The van der Waals surface area contributed by atoms with Gasteiger partial charge in [0.25, 0.3) is 0 Å². The fourth-order valence-corrected chi connectivity index (χ4v) is 3.24. The van der Waals surface area contributed by atoms with Crippen molar-refractivity contribution in [1.29, 1.82) is 0 Å². The average molecular weight is 476 g/mol. The molecule has 33 heavy (non-hydrogen) atoms. The number of nitrogens with one attached hydrogen (secondary N) is 2. The zero-order chi connectivity index (χ0) is 24.4. The highest BCUT2D eigenvalue weighted by Crippen LogP contribution is 2.32. The van der Waals surface area contributed by atoms with Gasteiger partial charge >= 0.3 is 18.4 Å². The molecule has 12 heteroatoms. The number of hydrogen-bond donors (Lipinski definition) is 2. The third-order valence-electron chi connectivity index (χ3n) is 4.96. The number of ether oxygens (including phenoxy) is 1. The summed E-state index contributed by atoms with van der Waals surface area (Å²) in [7, 11) is 0. The van der Waals surface area contributed by atoms with E-state index in [0.717, 1.165) is 12.1 Å². The Morgan fingerprint density at radius 3 is 2.55 bits per heavy atom. The number of hydrogen-bond acceptors (Lipinski definition) is 5. The van der Waals surface area contributed by atoms with Crippen molar-refractivity contribution in [2.24, 2.45) is 15.9 Å². The number of alkyl halides is 6. The third kappa shape index (κ3) is 7.04. The lowest BCUT2D eigenvalue weighted by atomic mass is 10.0. The second-order valence-corrected chi connectivity index (χ2v) is 7.73. The average Bonchev–Trinajstić information content (AvgIpc) is 3.49. The van der Waals surface area contributed by atoms with Gasteiger partial charge in [-0.05, 0) is 18.1 Å². The molecule has 0 spiro atoms. The van der Waals surface area contributed by atoms with Gasteiger partial charge in [0, 0.05) is 18.4 Å². The molecule has 0 radical (unpaired) electrons. The van der Waals surface area contributed by atoms with Crippen molar-refractivity contribution in [1.82, 2.24) is 10.6 Å². The zero-order valence-electron chi connectivity index (χ0n) is 17.7. The molecule has 6 nitrogen and oxygen atoms in total. The molecule has 0 saturated carbocycles. The Morgan fingerprint density at radius 2 is 1.91 bits per heavy atom. The normalized spacial score (nSPS) is 23.2. The van der Waals surface area contributed by atoms with Crippen LogP contribution in [0.4, 0.5) is 26.3 Å². The Kier molecular flexibility index (Phi) is 7.15. The van der Waals surface area contributed by atoms with Gasteiger partial charge in [-0.1, -0.05) is 38.1 Å². The van der Waals surface area contributed by atoms with Gasteiger partial charge in [-0.15, -0.1) is 0 Å². The van der Waals surface area contributed by atoms with Crippen molar-refractivity contribution in [2.45, 2.75) is 51.1 Å². The van der Waals surface area contributed by atoms with E-state index in [1.54, 1.807) is 26.0 Å². The van der Waals surface area contributed by atoms with E-state index in [1.807, 2.05) is 0 Å². The maximum atomic E-state index is 12.9. The van der Waals surface area contributed by atoms with E-state index in [0.29, 0.717) is 11.3 Å². The number of amides is 1. The molecule has 2 N–H and O–H groups in total. The number of halogens is 6. The van der Waals surface area contributed by atoms with Gasteiger partial charge in [-0.2, -0.15) is 36.3 Å². The number of rotatable bonds is 5. The minimum absolute atomic E-state index is 0.0906. The first-order chi connectivity index (χ1) is 15.4. The van der Waals surface area contributed by atoms with Crippen LogP contribution in [0.15, 0.2) is 46.0 Å².